The third-order valence-electron chi connectivity index (χ3n) is 3.59. The first-order valence-corrected chi connectivity index (χ1v) is 6.66. The molecule has 1 saturated carbocycles. The van der Waals surface area contributed by atoms with E-state index in [4.69, 9.17) is 5.26 Å². The zero-order valence-electron chi connectivity index (χ0n) is 10.7. The van der Waals surface area contributed by atoms with Gasteiger partial charge in [0.1, 0.15) is 11.9 Å². The summed E-state index contributed by atoms with van der Waals surface area (Å²) in [7, 11) is 0. The molecule has 1 N–H and O–H groups in total. The van der Waals surface area contributed by atoms with E-state index in [1.165, 1.54) is 30.7 Å². The maximum absolute atomic E-state index is 12.8. The predicted octanol–water partition coefficient (Wildman–Crippen LogP) is 3.09. The first kappa shape index (κ1) is 13.5. The fraction of sp³-hybridized carbons (Fsp3) is 0.467. The lowest BCUT2D eigenvalue weighted by Gasteiger charge is -2.22. The van der Waals surface area contributed by atoms with Crippen LogP contribution in [0, 0.1) is 23.1 Å². The van der Waals surface area contributed by atoms with Gasteiger partial charge in [-0.1, -0.05) is 31.4 Å². The molecular weight excluding hydrogens is 243 g/mol. The Labute approximate surface area is 112 Å². The molecule has 1 aromatic rings. The fourth-order valence-corrected chi connectivity index (χ4v) is 2.47. The predicted molar refractivity (Wildman–Crippen MR) is 69.5 cm³/mol. The summed E-state index contributed by atoms with van der Waals surface area (Å²) in [5, 5.41) is 11.9. The van der Waals surface area contributed by atoms with Crippen LogP contribution in [-0.4, -0.2) is 5.91 Å². The summed E-state index contributed by atoms with van der Waals surface area (Å²) >= 11 is 0. The van der Waals surface area contributed by atoms with E-state index in [-0.39, 0.29) is 17.6 Å². The van der Waals surface area contributed by atoms with Gasteiger partial charge in [-0.05, 0) is 30.5 Å². The van der Waals surface area contributed by atoms with Gasteiger partial charge in [-0.15, -0.1) is 0 Å². The van der Waals surface area contributed by atoms with Crippen molar-refractivity contribution in [1.82, 2.24) is 5.32 Å². The highest BCUT2D eigenvalue weighted by atomic mass is 19.1. The molecule has 0 bridgehead atoms. The number of amides is 1. The number of carbonyl (C=O) groups excluding carboxylic acids is 1. The van der Waals surface area contributed by atoms with Crippen LogP contribution in [0.3, 0.4) is 0 Å². The molecular formula is C15H17FN2O. The zero-order chi connectivity index (χ0) is 13.7. The molecule has 1 unspecified atom stereocenters. The van der Waals surface area contributed by atoms with Crippen molar-refractivity contribution in [3.63, 3.8) is 0 Å². The van der Waals surface area contributed by atoms with Crippen LogP contribution < -0.4 is 5.32 Å². The van der Waals surface area contributed by atoms with Crippen molar-refractivity contribution < 1.29 is 9.18 Å². The molecule has 0 aliphatic heterocycles. The number of hydrogen-bond acceptors (Lipinski definition) is 2. The average molecular weight is 260 g/mol. The van der Waals surface area contributed by atoms with Crippen LogP contribution in [0.25, 0.3) is 0 Å². The van der Waals surface area contributed by atoms with Crippen molar-refractivity contribution in [3.05, 3.63) is 35.6 Å². The van der Waals surface area contributed by atoms with E-state index in [1.54, 1.807) is 0 Å². The molecule has 100 valence electrons. The van der Waals surface area contributed by atoms with Crippen molar-refractivity contribution >= 4 is 5.91 Å². The van der Waals surface area contributed by atoms with Crippen LogP contribution in [0.1, 0.15) is 43.7 Å². The number of nitrogens with zero attached hydrogens (tertiary/aromatic N) is 1. The molecule has 0 saturated heterocycles. The fourth-order valence-electron chi connectivity index (χ4n) is 2.47. The Kier molecular flexibility index (Phi) is 4.51. The van der Waals surface area contributed by atoms with Crippen LogP contribution in [0.15, 0.2) is 24.3 Å². The summed E-state index contributed by atoms with van der Waals surface area (Å²) in [5.74, 6) is -0.389. The molecule has 19 heavy (non-hydrogen) atoms. The lowest BCUT2D eigenvalue weighted by molar-refractivity contribution is -0.126. The van der Waals surface area contributed by atoms with E-state index in [1.807, 2.05) is 0 Å². The Morgan fingerprint density at radius 3 is 2.47 bits per heavy atom. The molecule has 1 fully saturated rings. The summed E-state index contributed by atoms with van der Waals surface area (Å²) in [6.45, 7) is 0. The molecule has 0 spiro atoms. The highest BCUT2D eigenvalue weighted by molar-refractivity contribution is 5.79. The van der Waals surface area contributed by atoms with Gasteiger partial charge in [0.25, 0.3) is 0 Å². The summed E-state index contributed by atoms with van der Waals surface area (Å²) in [6.07, 6.45) is 5.13. The maximum atomic E-state index is 12.8. The topological polar surface area (TPSA) is 52.9 Å². The molecule has 0 aromatic heterocycles. The van der Waals surface area contributed by atoms with Gasteiger partial charge in [-0.25, -0.2) is 4.39 Å². The lowest BCUT2D eigenvalue weighted by Crippen LogP contribution is -2.34. The van der Waals surface area contributed by atoms with Gasteiger partial charge in [0.15, 0.2) is 0 Å². The minimum absolute atomic E-state index is 0.0186. The van der Waals surface area contributed by atoms with Crippen molar-refractivity contribution in [2.45, 2.75) is 38.1 Å². The molecule has 1 aromatic carbocycles. The quantitative estimate of drug-likeness (QED) is 0.908. The van der Waals surface area contributed by atoms with Gasteiger partial charge in [-0.3, -0.25) is 4.79 Å². The minimum Gasteiger partial charge on any atom is -0.336 e. The van der Waals surface area contributed by atoms with Gasteiger partial charge < -0.3 is 5.32 Å². The van der Waals surface area contributed by atoms with Crippen molar-refractivity contribution in [2.24, 2.45) is 5.92 Å². The maximum Gasteiger partial charge on any atom is 0.224 e. The SMILES string of the molecule is N#CC(NC(=O)C1CCCCC1)c1ccc(F)cc1. The summed E-state index contributed by atoms with van der Waals surface area (Å²) in [5.41, 5.74) is 0.619. The van der Waals surface area contributed by atoms with E-state index >= 15 is 0 Å². The summed E-state index contributed by atoms with van der Waals surface area (Å²) in [6, 6.07) is 7.01. The zero-order valence-corrected chi connectivity index (χ0v) is 10.7. The van der Waals surface area contributed by atoms with Gasteiger partial charge in [0.2, 0.25) is 5.91 Å². The van der Waals surface area contributed by atoms with Gasteiger partial charge in [0.05, 0.1) is 6.07 Å². The summed E-state index contributed by atoms with van der Waals surface area (Å²) in [4.78, 5) is 12.1. The largest absolute Gasteiger partial charge is 0.336 e. The first-order chi connectivity index (χ1) is 9.20. The van der Waals surface area contributed by atoms with E-state index in [2.05, 4.69) is 11.4 Å². The Morgan fingerprint density at radius 2 is 1.89 bits per heavy atom. The van der Waals surface area contributed by atoms with Crippen LogP contribution >= 0.6 is 0 Å². The molecule has 2 rings (SSSR count). The van der Waals surface area contributed by atoms with Gasteiger partial charge in [-0.2, -0.15) is 5.26 Å². The van der Waals surface area contributed by atoms with Crippen LogP contribution in [0.2, 0.25) is 0 Å². The van der Waals surface area contributed by atoms with Crippen molar-refractivity contribution in [2.75, 3.05) is 0 Å². The van der Waals surface area contributed by atoms with E-state index in [0.717, 1.165) is 25.7 Å². The Hall–Kier alpha value is -1.89. The van der Waals surface area contributed by atoms with Crippen LogP contribution in [0.4, 0.5) is 4.39 Å². The second-order valence-corrected chi connectivity index (χ2v) is 4.96. The molecule has 0 heterocycles. The first-order valence-electron chi connectivity index (χ1n) is 6.66. The molecule has 0 radical (unpaired) electrons. The number of benzene rings is 1. The number of halogens is 1. The summed E-state index contributed by atoms with van der Waals surface area (Å²) < 4.78 is 12.8. The number of carbonyl (C=O) groups is 1. The van der Waals surface area contributed by atoms with Crippen molar-refractivity contribution in [1.29, 1.82) is 5.26 Å². The van der Waals surface area contributed by atoms with E-state index in [0.29, 0.717) is 5.56 Å². The molecule has 1 aliphatic rings. The molecule has 4 heteroatoms. The molecule has 1 amide bonds. The van der Waals surface area contributed by atoms with Crippen LogP contribution in [0.5, 0.6) is 0 Å². The standard InChI is InChI=1S/C15H17FN2O/c16-13-8-6-11(7-9-13)14(10-17)18-15(19)12-4-2-1-3-5-12/h6-9,12,14H,1-5H2,(H,18,19). The molecule has 3 nitrogen and oxygen atoms in total. The number of nitriles is 1. The smallest absolute Gasteiger partial charge is 0.224 e. The second-order valence-electron chi connectivity index (χ2n) is 4.96. The lowest BCUT2D eigenvalue weighted by atomic mass is 9.88. The highest BCUT2D eigenvalue weighted by Gasteiger charge is 2.23. The number of hydrogen-bond donors (Lipinski definition) is 1. The highest BCUT2D eigenvalue weighted by Crippen LogP contribution is 2.24. The van der Waals surface area contributed by atoms with Crippen molar-refractivity contribution in [3.8, 4) is 6.07 Å². The number of nitrogens with one attached hydrogen (secondary N) is 1. The monoisotopic (exact) mass is 260 g/mol. The normalized spacial score (nSPS) is 17.5. The van der Waals surface area contributed by atoms with Crippen LogP contribution in [-0.2, 0) is 4.79 Å². The average Bonchev–Trinajstić information content (AvgIpc) is 2.46. The van der Waals surface area contributed by atoms with E-state index < -0.39 is 6.04 Å². The minimum atomic E-state index is -0.699. The van der Waals surface area contributed by atoms with Gasteiger partial charge >= 0.3 is 0 Å². The second kappa shape index (κ2) is 6.33. The number of rotatable bonds is 3. The Morgan fingerprint density at radius 1 is 1.26 bits per heavy atom. The third-order valence-corrected chi connectivity index (χ3v) is 3.59. The van der Waals surface area contributed by atoms with E-state index in [9.17, 15) is 9.18 Å². The van der Waals surface area contributed by atoms with Gasteiger partial charge in [0, 0.05) is 5.92 Å². The third kappa shape index (κ3) is 3.54. The molecule has 1 atom stereocenters. The molecule has 1 aliphatic carbocycles. The Balaban J connectivity index is 2.00. The Bertz CT molecular complexity index is 472.